The Morgan fingerprint density at radius 1 is 1.44 bits per heavy atom. The number of esters is 1. The van der Waals surface area contributed by atoms with Crippen LogP contribution >= 0.6 is 0 Å². The average Bonchev–Trinajstić information content (AvgIpc) is 2.77. The zero-order chi connectivity index (χ0) is 12.1. The van der Waals surface area contributed by atoms with Gasteiger partial charge in [0.1, 0.15) is 11.7 Å². The highest BCUT2D eigenvalue weighted by Gasteiger charge is 2.30. The fourth-order valence-corrected chi connectivity index (χ4v) is 1.54. The van der Waals surface area contributed by atoms with Crippen molar-refractivity contribution in [2.24, 2.45) is 0 Å². The van der Waals surface area contributed by atoms with Gasteiger partial charge in [0, 0.05) is 26.9 Å². The summed E-state index contributed by atoms with van der Waals surface area (Å²) in [5, 5.41) is 0. The molecule has 1 aliphatic rings. The Morgan fingerprint density at radius 2 is 2.12 bits per heavy atom. The quantitative estimate of drug-likeness (QED) is 0.300. The molecule has 0 aromatic heterocycles. The van der Waals surface area contributed by atoms with Crippen LogP contribution in [0.25, 0.3) is 0 Å². The highest BCUT2D eigenvalue weighted by Crippen LogP contribution is 2.17. The first-order valence-electron chi connectivity index (χ1n) is 5.18. The van der Waals surface area contributed by atoms with E-state index >= 15 is 0 Å². The smallest absolute Gasteiger partial charge is 0.343 e. The summed E-state index contributed by atoms with van der Waals surface area (Å²) in [6.45, 7) is 0.576. The van der Waals surface area contributed by atoms with Crippen molar-refractivity contribution >= 4 is 11.8 Å². The summed E-state index contributed by atoms with van der Waals surface area (Å²) in [5.74, 6) is -0.910. The van der Waals surface area contributed by atoms with E-state index < -0.39 is 12.1 Å². The molecular formula is C11H17NO4. The summed E-state index contributed by atoms with van der Waals surface area (Å²) in [6.07, 6.45) is 2.49. The summed E-state index contributed by atoms with van der Waals surface area (Å²) in [6, 6.07) is 0. The monoisotopic (exact) mass is 227 g/mol. The largest absolute Gasteiger partial charge is 0.465 e. The molecule has 5 heteroatoms. The van der Waals surface area contributed by atoms with E-state index in [2.05, 4.69) is 4.74 Å². The highest BCUT2D eigenvalue weighted by atomic mass is 16.5. The van der Waals surface area contributed by atoms with E-state index in [9.17, 15) is 9.59 Å². The van der Waals surface area contributed by atoms with Gasteiger partial charge in [0.15, 0.2) is 5.78 Å². The van der Waals surface area contributed by atoms with Gasteiger partial charge in [-0.15, -0.1) is 0 Å². The summed E-state index contributed by atoms with van der Waals surface area (Å²) in [7, 11) is 4.74. The van der Waals surface area contributed by atoms with Crippen LogP contribution in [-0.2, 0) is 19.1 Å². The second-order valence-corrected chi connectivity index (χ2v) is 3.86. The predicted molar refractivity (Wildman–Crippen MR) is 57.8 cm³/mol. The molecule has 1 rings (SSSR count). The van der Waals surface area contributed by atoms with Crippen LogP contribution in [0, 0.1) is 0 Å². The molecule has 0 bridgehead atoms. The summed E-state index contributed by atoms with van der Waals surface area (Å²) in [4.78, 5) is 25.1. The molecule has 5 nitrogen and oxygen atoms in total. The molecule has 0 spiro atoms. The van der Waals surface area contributed by atoms with Crippen molar-refractivity contribution in [2.45, 2.75) is 18.9 Å². The van der Waals surface area contributed by atoms with E-state index in [1.54, 1.807) is 19.0 Å². The first-order chi connectivity index (χ1) is 7.56. The maximum atomic E-state index is 12.0. The summed E-state index contributed by atoms with van der Waals surface area (Å²) in [5.41, 5.74) is 0.0411. The Morgan fingerprint density at radius 3 is 2.56 bits per heavy atom. The lowest BCUT2D eigenvalue weighted by molar-refractivity contribution is -0.139. The predicted octanol–water partition coefficient (Wildman–Crippen LogP) is 0.353. The Hall–Kier alpha value is -1.36. The molecule has 0 aliphatic carbocycles. The fraction of sp³-hybridized carbons (Fsp3) is 0.636. The van der Waals surface area contributed by atoms with Gasteiger partial charge in [-0.3, -0.25) is 4.79 Å². The van der Waals surface area contributed by atoms with Gasteiger partial charge in [-0.25, -0.2) is 4.79 Å². The minimum absolute atomic E-state index is 0.0411. The van der Waals surface area contributed by atoms with Crippen LogP contribution in [0.15, 0.2) is 11.8 Å². The van der Waals surface area contributed by atoms with E-state index in [1.807, 2.05) is 0 Å². The van der Waals surface area contributed by atoms with Gasteiger partial charge in [-0.1, -0.05) is 0 Å². The van der Waals surface area contributed by atoms with Crippen LogP contribution in [0.2, 0.25) is 0 Å². The number of carbonyl (C=O) groups excluding carboxylic acids is 2. The molecule has 1 atom stereocenters. The SMILES string of the molecule is COC(=O)/C(=C\N(C)C)C(=O)[C@H]1CCCO1. The van der Waals surface area contributed by atoms with Crippen LogP contribution in [0.5, 0.6) is 0 Å². The minimum atomic E-state index is -0.616. The second-order valence-electron chi connectivity index (χ2n) is 3.86. The first kappa shape index (κ1) is 12.7. The first-order valence-corrected chi connectivity index (χ1v) is 5.18. The van der Waals surface area contributed by atoms with Crippen LogP contribution in [-0.4, -0.2) is 50.6 Å². The van der Waals surface area contributed by atoms with E-state index in [-0.39, 0.29) is 11.4 Å². The Bertz CT molecular complexity index is 303. The second kappa shape index (κ2) is 5.65. The number of hydrogen-bond acceptors (Lipinski definition) is 5. The average molecular weight is 227 g/mol. The molecule has 0 N–H and O–H groups in total. The highest BCUT2D eigenvalue weighted by molar-refractivity contribution is 6.18. The Labute approximate surface area is 95.0 Å². The van der Waals surface area contributed by atoms with Crippen LogP contribution in [0.3, 0.4) is 0 Å². The molecule has 0 aromatic carbocycles. The molecule has 1 aliphatic heterocycles. The Kier molecular flexibility index (Phi) is 4.49. The third kappa shape index (κ3) is 3.06. The number of Topliss-reactive ketones (excluding diaryl/α,β-unsaturated/α-hetero) is 1. The standard InChI is InChI=1S/C11H17NO4/c1-12(2)7-8(11(14)15-3)10(13)9-5-4-6-16-9/h7,9H,4-6H2,1-3H3/b8-7-/t9-/m1/s1. The third-order valence-corrected chi connectivity index (χ3v) is 2.28. The van der Waals surface area contributed by atoms with Gasteiger partial charge in [-0.2, -0.15) is 0 Å². The maximum absolute atomic E-state index is 12.0. The molecule has 1 saturated heterocycles. The molecule has 1 fully saturated rings. The van der Waals surface area contributed by atoms with Gasteiger partial charge in [0.25, 0.3) is 0 Å². The molecule has 0 aromatic rings. The van der Waals surface area contributed by atoms with Crippen molar-refractivity contribution in [1.82, 2.24) is 4.90 Å². The summed E-state index contributed by atoms with van der Waals surface area (Å²) < 4.78 is 9.84. The maximum Gasteiger partial charge on any atom is 0.343 e. The lowest BCUT2D eigenvalue weighted by Crippen LogP contribution is -2.27. The molecular weight excluding hydrogens is 210 g/mol. The van der Waals surface area contributed by atoms with Gasteiger partial charge >= 0.3 is 5.97 Å². The van der Waals surface area contributed by atoms with Crippen molar-refractivity contribution in [3.05, 3.63) is 11.8 Å². The number of nitrogens with zero attached hydrogens (tertiary/aromatic N) is 1. The molecule has 0 radical (unpaired) electrons. The molecule has 1 heterocycles. The zero-order valence-electron chi connectivity index (χ0n) is 9.86. The van der Waals surface area contributed by atoms with E-state index in [1.165, 1.54) is 13.3 Å². The topological polar surface area (TPSA) is 55.8 Å². The van der Waals surface area contributed by atoms with Crippen molar-refractivity contribution in [2.75, 3.05) is 27.8 Å². The van der Waals surface area contributed by atoms with Crippen molar-refractivity contribution in [3.63, 3.8) is 0 Å². The number of ether oxygens (including phenoxy) is 2. The van der Waals surface area contributed by atoms with Gasteiger partial charge in [-0.05, 0) is 12.8 Å². The van der Waals surface area contributed by atoms with Crippen LogP contribution < -0.4 is 0 Å². The number of ketones is 1. The van der Waals surface area contributed by atoms with Crippen molar-refractivity contribution in [1.29, 1.82) is 0 Å². The van der Waals surface area contributed by atoms with Crippen LogP contribution in [0.1, 0.15) is 12.8 Å². The van der Waals surface area contributed by atoms with Gasteiger partial charge < -0.3 is 14.4 Å². The lowest BCUT2D eigenvalue weighted by atomic mass is 10.1. The molecule has 90 valence electrons. The third-order valence-electron chi connectivity index (χ3n) is 2.28. The fourth-order valence-electron chi connectivity index (χ4n) is 1.54. The van der Waals surface area contributed by atoms with Crippen LogP contribution in [0.4, 0.5) is 0 Å². The number of hydrogen-bond donors (Lipinski definition) is 0. The van der Waals surface area contributed by atoms with Gasteiger partial charge in [0.2, 0.25) is 0 Å². The molecule has 0 unspecified atom stereocenters. The molecule has 0 amide bonds. The molecule has 16 heavy (non-hydrogen) atoms. The normalized spacial score (nSPS) is 20.7. The van der Waals surface area contributed by atoms with Crippen molar-refractivity contribution in [3.8, 4) is 0 Å². The molecule has 0 saturated carbocycles. The Balaban J connectivity index is 2.83. The zero-order valence-corrected chi connectivity index (χ0v) is 9.86. The minimum Gasteiger partial charge on any atom is -0.465 e. The van der Waals surface area contributed by atoms with E-state index in [0.29, 0.717) is 13.0 Å². The number of rotatable bonds is 4. The lowest BCUT2D eigenvalue weighted by Gasteiger charge is -2.12. The van der Waals surface area contributed by atoms with E-state index in [4.69, 9.17) is 4.74 Å². The van der Waals surface area contributed by atoms with E-state index in [0.717, 1.165) is 6.42 Å². The van der Waals surface area contributed by atoms with Gasteiger partial charge in [0.05, 0.1) is 7.11 Å². The number of methoxy groups -OCH3 is 1. The van der Waals surface area contributed by atoms with Crippen molar-refractivity contribution < 1.29 is 19.1 Å². The number of carbonyl (C=O) groups is 2. The summed E-state index contributed by atoms with van der Waals surface area (Å²) >= 11 is 0.